The molecule has 1 aliphatic heterocycles. The first kappa shape index (κ1) is 34.7. The Balaban J connectivity index is 0.00000259. The van der Waals surface area contributed by atoms with Crippen molar-refractivity contribution >= 4 is 36.8 Å². The lowest BCUT2D eigenvalue weighted by Crippen LogP contribution is -2.36. The van der Waals surface area contributed by atoms with Gasteiger partial charge in [-0.2, -0.15) is 15.1 Å². The van der Waals surface area contributed by atoms with Crippen LogP contribution in [0.4, 0.5) is 5.95 Å². The van der Waals surface area contributed by atoms with Crippen molar-refractivity contribution in [2.24, 2.45) is 5.92 Å². The maximum absolute atomic E-state index is 14.0. The van der Waals surface area contributed by atoms with E-state index < -0.39 is 38.1 Å². The lowest BCUT2D eigenvalue weighted by molar-refractivity contribution is -0.149. The Morgan fingerprint density at radius 3 is 2.57 bits per heavy atom. The van der Waals surface area contributed by atoms with Crippen LogP contribution in [0.1, 0.15) is 61.1 Å². The second kappa shape index (κ2) is 15.3. The third-order valence-electron chi connectivity index (χ3n) is 6.11. The molecule has 16 heteroatoms. The van der Waals surface area contributed by atoms with Crippen molar-refractivity contribution in [3.63, 3.8) is 0 Å². The third kappa shape index (κ3) is 8.88. The van der Waals surface area contributed by atoms with E-state index in [1.807, 2.05) is 20.8 Å². The fourth-order valence-corrected chi connectivity index (χ4v) is 5.91. The largest absolute Gasteiger partial charge is 0.479 e. The Morgan fingerprint density at radius 1 is 1.20 bits per heavy atom. The van der Waals surface area contributed by atoms with E-state index in [-0.39, 0.29) is 42.0 Å². The minimum Gasteiger partial charge on any atom is -0.479 e. The minimum atomic E-state index is -4.20. The van der Waals surface area contributed by atoms with Gasteiger partial charge in [0.15, 0.2) is 11.2 Å². The van der Waals surface area contributed by atoms with Crippen molar-refractivity contribution in [3.8, 4) is 17.4 Å². The zero-order valence-corrected chi connectivity index (χ0v) is 27.1. The number of nitrogens with one attached hydrogen (secondary N) is 1. The highest BCUT2D eigenvalue weighted by Crippen LogP contribution is 2.47. The van der Waals surface area contributed by atoms with Gasteiger partial charge in [-0.15, -0.1) is 0 Å². The van der Waals surface area contributed by atoms with Crippen LogP contribution in [0.25, 0.3) is 11.2 Å². The predicted molar refractivity (Wildman–Crippen MR) is 161 cm³/mol. The SMILES string of the molecule is CC.COc1nc(N)nc2c1ncn2C1OC(COP(=O)(N[C@@H](C)C(=O)OC(C)C)Oc2cccc(OC(C)=O)c2)CC1C. The minimum absolute atomic E-state index is 0.0215. The molecule has 1 fully saturated rings. The summed E-state index contributed by atoms with van der Waals surface area (Å²) in [5.74, 6) is -0.651. The second-order valence-electron chi connectivity index (χ2n) is 10.1. The zero-order valence-electron chi connectivity index (χ0n) is 26.2. The molecule has 1 saturated heterocycles. The molecular formula is C28H41N6O9P. The van der Waals surface area contributed by atoms with Gasteiger partial charge in [-0.05, 0) is 39.3 Å². The fourth-order valence-electron chi connectivity index (χ4n) is 4.39. The first-order chi connectivity index (χ1) is 20.9. The highest BCUT2D eigenvalue weighted by Gasteiger charge is 2.39. The normalized spacial score (nSPS) is 19.9. The molecule has 0 bridgehead atoms. The summed E-state index contributed by atoms with van der Waals surface area (Å²) in [6, 6.07) is 4.95. The number of nitrogen functional groups attached to an aromatic ring is 1. The lowest BCUT2D eigenvalue weighted by Gasteiger charge is -2.24. The summed E-state index contributed by atoms with van der Waals surface area (Å²) < 4.78 is 49.1. The molecule has 0 amide bonds. The van der Waals surface area contributed by atoms with Crippen LogP contribution in [0.15, 0.2) is 30.6 Å². The van der Waals surface area contributed by atoms with Crippen LogP contribution in [0, 0.1) is 5.92 Å². The van der Waals surface area contributed by atoms with Crippen LogP contribution >= 0.6 is 7.75 Å². The summed E-state index contributed by atoms with van der Waals surface area (Å²) in [6.45, 7) is 12.0. The second-order valence-corrected chi connectivity index (χ2v) is 11.8. The van der Waals surface area contributed by atoms with Gasteiger partial charge in [-0.1, -0.05) is 26.8 Å². The van der Waals surface area contributed by atoms with Gasteiger partial charge >= 0.3 is 19.7 Å². The number of methoxy groups -OCH3 is 1. The number of esters is 2. The van der Waals surface area contributed by atoms with Gasteiger partial charge in [-0.25, -0.2) is 9.55 Å². The first-order valence-electron chi connectivity index (χ1n) is 14.3. The van der Waals surface area contributed by atoms with Gasteiger partial charge in [0.05, 0.1) is 32.3 Å². The Bertz CT molecular complexity index is 1480. The highest BCUT2D eigenvalue weighted by atomic mass is 31.2. The Hall–Kier alpha value is -3.78. The average molecular weight is 637 g/mol. The van der Waals surface area contributed by atoms with Gasteiger partial charge < -0.3 is 29.2 Å². The molecule has 4 unspecified atom stereocenters. The van der Waals surface area contributed by atoms with Gasteiger partial charge in [0, 0.05) is 18.9 Å². The molecular weight excluding hydrogens is 595 g/mol. The lowest BCUT2D eigenvalue weighted by atomic mass is 10.1. The number of hydrogen-bond donors (Lipinski definition) is 2. The third-order valence-corrected chi connectivity index (χ3v) is 7.75. The topological polar surface area (TPSA) is 188 Å². The standard InChI is InChI=1S/C26H35N6O9P.C2H6/c1-14(2)38-25(34)16(4)31-42(35,41-19-9-7-8-18(11-19)39-17(5)33)37-12-20-10-15(3)24(40-20)32-13-28-21-22(32)29-26(27)30-23(21)36-6;1-2/h7-9,11,13-16,20,24H,10,12H2,1-6H3,(H,31,35)(H2,27,29,30);1-2H3/t15?,16-,20?,24?,42?;/m0./s1. The molecule has 4 rings (SSSR count). The van der Waals surface area contributed by atoms with E-state index in [1.165, 1.54) is 39.2 Å². The number of aromatic nitrogens is 4. The Labute approximate surface area is 256 Å². The molecule has 0 spiro atoms. The average Bonchev–Trinajstić information content (AvgIpc) is 3.54. The fraction of sp³-hybridized carbons (Fsp3) is 0.536. The van der Waals surface area contributed by atoms with E-state index in [0.717, 1.165) is 0 Å². The molecule has 0 aliphatic carbocycles. The van der Waals surface area contributed by atoms with Gasteiger partial charge in [0.25, 0.3) is 0 Å². The van der Waals surface area contributed by atoms with E-state index >= 15 is 0 Å². The molecule has 1 aromatic carbocycles. The molecule has 3 heterocycles. The number of benzene rings is 1. The summed E-state index contributed by atoms with van der Waals surface area (Å²) in [7, 11) is -2.74. The number of carbonyl (C=O) groups excluding carboxylic acids is 2. The predicted octanol–water partition coefficient (Wildman–Crippen LogP) is 4.43. The van der Waals surface area contributed by atoms with Crippen molar-refractivity contribution in [1.82, 2.24) is 24.6 Å². The Kier molecular flexibility index (Phi) is 12.1. The molecule has 0 radical (unpaired) electrons. The first-order valence-corrected chi connectivity index (χ1v) is 15.8. The highest BCUT2D eigenvalue weighted by molar-refractivity contribution is 7.52. The number of ether oxygens (including phenoxy) is 4. The molecule has 3 N–H and O–H groups in total. The molecule has 15 nitrogen and oxygen atoms in total. The summed E-state index contributed by atoms with van der Waals surface area (Å²) in [5, 5.41) is 2.64. The molecule has 1 aliphatic rings. The van der Waals surface area contributed by atoms with Crippen molar-refractivity contribution < 1.29 is 42.1 Å². The van der Waals surface area contributed by atoms with Crippen LogP contribution in [0.5, 0.6) is 17.4 Å². The van der Waals surface area contributed by atoms with Gasteiger partial charge in [0.2, 0.25) is 11.8 Å². The van der Waals surface area contributed by atoms with Crippen molar-refractivity contribution in [1.29, 1.82) is 0 Å². The van der Waals surface area contributed by atoms with Gasteiger partial charge in [-0.3, -0.25) is 18.7 Å². The number of carbonyl (C=O) groups is 2. The van der Waals surface area contributed by atoms with E-state index in [1.54, 1.807) is 30.8 Å². The monoisotopic (exact) mass is 636 g/mol. The molecule has 0 saturated carbocycles. The summed E-state index contributed by atoms with van der Waals surface area (Å²) >= 11 is 0. The molecule has 3 aromatic rings. The van der Waals surface area contributed by atoms with Crippen LogP contribution < -0.4 is 24.8 Å². The van der Waals surface area contributed by atoms with E-state index in [4.69, 9.17) is 33.7 Å². The van der Waals surface area contributed by atoms with Gasteiger partial charge in [0.1, 0.15) is 23.8 Å². The maximum atomic E-state index is 14.0. The smallest absolute Gasteiger partial charge is 0.459 e. The van der Waals surface area contributed by atoms with Crippen molar-refractivity contribution in [3.05, 3.63) is 30.6 Å². The van der Waals surface area contributed by atoms with Crippen LogP contribution in [0.2, 0.25) is 0 Å². The van der Waals surface area contributed by atoms with E-state index in [2.05, 4.69) is 20.0 Å². The number of anilines is 1. The number of rotatable bonds is 12. The van der Waals surface area contributed by atoms with Crippen LogP contribution in [0.3, 0.4) is 0 Å². The maximum Gasteiger partial charge on any atom is 0.459 e. The molecule has 242 valence electrons. The van der Waals surface area contributed by atoms with Crippen LogP contribution in [-0.4, -0.2) is 63.4 Å². The zero-order chi connectivity index (χ0) is 32.6. The van der Waals surface area contributed by atoms with E-state index in [0.29, 0.717) is 17.6 Å². The van der Waals surface area contributed by atoms with E-state index in [9.17, 15) is 14.2 Å². The van der Waals surface area contributed by atoms with Crippen LogP contribution in [-0.2, 0) is 28.2 Å². The summed E-state index contributed by atoms with van der Waals surface area (Å²) in [4.78, 5) is 36.6. The molecule has 44 heavy (non-hydrogen) atoms. The molecule has 5 atom stereocenters. The number of hydrogen-bond acceptors (Lipinski definition) is 13. The van der Waals surface area contributed by atoms with Crippen molar-refractivity contribution in [2.45, 2.75) is 79.4 Å². The number of nitrogens with two attached hydrogens (primary N) is 1. The summed E-state index contributed by atoms with van der Waals surface area (Å²) in [5.41, 5.74) is 6.73. The number of fused-ring (bicyclic) bond motifs is 1. The number of nitrogens with zero attached hydrogens (tertiary/aromatic N) is 4. The summed E-state index contributed by atoms with van der Waals surface area (Å²) in [6.07, 6.45) is 0.728. The van der Waals surface area contributed by atoms with Crippen molar-refractivity contribution in [2.75, 3.05) is 19.5 Å². The Morgan fingerprint density at radius 2 is 1.91 bits per heavy atom. The number of imidazole rings is 1. The molecule has 2 aromatic heterocycles. The quantitative estimate of drug-likeness (QED) is 0.161.